The fourth-order valence-corrected chi connectivity index (χ4v) is 1.79. The molecule has 0 N–H and O–H groups in total. The zero-order valence-electron chi connectivity index (χ0n) is 5.59. The van der Waals surface area contributed by atoms with Crippen LogP contribution in [0, 0.1) is 0 Å². The fourth-order valence-electron chi connectivity index (χ4n) is 0.758. The largest absolute Gasteiger partial charge is 0.242 e. The molecule has 0 heterocycles. The van der Waals surface area contributed by atoms with E-state index in [-0.39, 0.29) is 0 Å². The monoisotopic (exact) mass is 208 g/mol. The number of hydrogen-bond acceptors (Lipinski definition) is 1. The van der Waals surface area contributed by atoms with E-state index >= 15 is 0 Å². The summed E-state index contributed by atoms with van der Waals surface area (Å²) in [6.45, 7) is 0. The Morgan fingerprint density at radius 3 is 2.73 bits per heavy atom. The van der Waals surface area contributed by atoms with Gasteiger partial charge in [0.2, 0.25) is 0 Å². The molecule has 4 heteroatoms. The van der Waals surface area contributed by atoms with Gasteiger partial charge in [0.25, 0.3) is 0 Å². The molecule has 60 valence electrons. The van der Waals surface area contributed by atoms with E-state index in [4.69, 9.17) is 22.3 Å². The molecule has 0 aliphatic carbocycles. The van der Waals surface area contributed by atoms with Gasteiger partial charge in [-0.25, -0.2) is 4.21 Å². The lowest BCUT2D eigenvalue weighted by Gasteiger charge is -1.95. The molecule has 1 aromatic rings. The minimum atomic E-state index is -1.31. The second-order valence-corrected chi connectivity index (χ2v) is 4.40. The van der Waals surface area contributed by atoms with E-state index in [0.29, 0.717) is 10.8 Å². The molecule has 11 heavy (non-hydrogen) atoms. The minimum Gasteiger partial charge on any atom is -0.242 e. The van der Waals surface area contributed by atoms with E-state index in [2.05, 4.69) is 0 Å². The number of rotatable bonds is 2. The van der Waals surface area contributed by atoms with Crippen molar-refractivity contribution >= 4 is 32.3 Å². The summed E-state index contributed by atoms with van der Waals surface area (Å²) in [6, 6.07) is 7.16. The van der Waals surface area contributed by atoms with Crippen molar-refractivity contribution < 1.29 is 4.21 Å². The van der Waals surface area contributed by atoms with E-state index in [1.807, 2.05) is 6.07 Å². The molecular weight excluding hydrogens is 203 g/mol. The lowest BCUT2D eigenvalue weighted by Crippen LogP contribution is -1.86. The number of halogens is 2. The van der Waals surface area contributed by atoms with Gasteiger partial charge in [-0.15, -0.1) is 0 Å². The standard InChI is InChI=1S/C7H6Cl2OS/c8-7-3-1-2-6(4-7)5-11(9)10/h1-4H,5H2. The van der Waals surface area contributed by atoms with E-state index in [1.165, 1.54) is 0 Å². The van der Waals surface area contributed by atoms with Gasteiger partial charge in [0.15, 0.2) is 0 Å². The maximum absolute atomic E-state index is 10.6. The van der Waals surface area contributed by atoms with Crippen LogP contribution < -0.4 is 0 Å². The molecule has 0 aliphatic heterocycles. The Labute approximate surface area is 77.3 Å². The Morgan fingerprint density at radius 1 is 1.45 bits per heavy atom. The molecule has 0 aliphatic rings. The van der Waals surface area contributed by atoms with E-state index < -0.39 is 10.0 Å². The fraction of sp³-hybridized carbons (Fsp3) is 0.143. The predicted octanol–water partition coefficient (Wildman–Crippen LogP) is 2.74. The Hall–Kier alpha value is -0.0500. The van der Waals surface area contributed by atoms with Gasteiger partial charge >= 0.3 is 0 Å². The first kappa shape index (κ1) is 9.04. The summed E-state index contributed by atoms with van der Waals surface area (Å²) in [5, 5.41) is 0.643. The van der Waals surface area contributed by atoms with Crippen LogP contribution in [0.4, 0.5) is 0 Å². The van der Waals surface area contributed by atoms with Crippen LogP contribution in [-0.2, 0) is 15.8 Å². The molecule has 0 bridgehead atoms. The molecule has 0 spiro atoms. The van der Waals surface area contributed by atoms with E-state index in [0.717, 1.165) is 5.56 Å². The Balaban J connectivity index is 2.79. The molecule has 1 aromatic carbocycles. The number of hydrogen-bond donors (Lipinski definition) is 0. The molecule has 1 rings (SSSR count). The van der Waals surface area contributed by atoms with Crippen molar-refractivity contribution in [3.05, 3.63) is 34.9 Å². The van der Waals surface area contributed by atoms with Crippen LogP contribution in [0.1, 0.15) is 5.56 Å². The molecule has 0 saturated heterocycles. The maximum Gasteiger partial charge on any atom is 0.119 e. The highest BCUT2D eigenvalue weighted by Crippen LogP contribution is 2.12. The van der Waals surface area contributed by atoms with Crippen LogP contribution in [-0.4, -0.2) is 4.21 Å². The zero-order valence-corrected chi connectivity index (χ0v) is 7.92. The smallest absolute Gasteiger partial charge is 0.119 e. The highest BCUT2D eigenvalue weighted by molar-refractivity contribution is 8.07. The summed E-state index contributed by atoms with van der Waals surface area (Å²) in [5.74, 6) is 0.349. The van der Waals surface area contributed by atoms with Crippen LogP contribution in [0.2, 0.25) is 5.02 Å². The average Bonchev–Trinajstić information content (AvgIpc) is 1.85. The second-order valence-electron chi connectivity index (χ2n) is 2.06. The lowest BCUT2D eigenvalue weighted by molar-refractivity contribution is 0.691. The van der Waals surface area contributed by atoms with Crippen molar-refractivity contribution in [2.75, 3.05) is 0 Å². The predicted molar refractivity (Wildman–Crippen MR) is 49.2 cm³/mol. The first-order valence-corrected chi connectivity index (χ1v) is 5.50. The van der Waals surface area contributed by atoms with Crippen molar-refractivity contribution in [3.8, 4) is 0 Å². The second kappa shape index (κ2) is 4.10. The molecule has 0 fully saturated rings. The van der Waals surface area contributed by atoms with Gasteiger partial charge in [-0.05, 0) is 28.4 Å². The molecular formula is C7H6Cl2OS. The maximum atomic E-state index is 10.6. The van der Waals surface area contributed by atoms with Crippen LogP contribution in [0.5, 0.6) is 0 Å². The third kappa shape index (κ3) is 3.23. The summed E-state index contributed by atoms with van der Waals surface area (Å²) in [4.78, 5) is 0. The van der Waals surface area contributed by atoms with Crippen molar-refractivity contribution in [1.82, 2.24) is 0 Å². The van der Waals surface area contributed by atoms with Gasteiger partial charge in [-0.1, -0.05) is 23.7 Å². The van der Waals surface area contributed by atoms with Gasteiger partial charge in [-0.3, -0.25) is 0 Å². The molecule has 0 amide bonds. The van der Waals surface area contributed by atoms with Crippen molar-refractivity contribution in [2.45, 2.75) is 5.75 Å². The Bertz CT molecular complexity index is 275. The third-order valence-corrected chi connectivity index (χ3v) is 2.29. The van der Waals surface area contributed by atoms with Crippen LogP contribution in [0.25, 0.3) is 0 Å². The topological polar surface area (TPSA) is 17.1 Å². The molecule has 0 saturated carbocycles. The summed E-state index contributed by atoms with van der Waals surface area (Å²) in [7, 11) is 3.98. The van der Waals surface area contributed by atoms with Crippen LogP contribution >= 0.6 is 22.3 Å². The third-order valence-electron chi connectivity index (χ3n) is 1.17. The van der Waals surface area contributed by atoms with E-state index in [9.17, 15) is 4.21 Å². The summed E-state index contributed by atoms with van der Waals surface area (Å²) in [5.41, 5.74) is 0.894. The molecule has 1 unspecified atom stereocenters. The van der Waals surface area contributed by atoms with Gasteiger partial charge in [0.1, 0.15) is 10.0 Å². The van der Waals surface area contributed by atoms with Gasteiger partial charge in [0, 0.05) is 5.02 Å². The average molecular weight is 209 g/mol. The Kier molecular flexibility index (Phi) is 3.37. The van der Waals surface area contributed by atoms with E-state index in [1.54, 1.807) is 18.2 Å². The molecule has 0 aromatic heterocycles. The summed E-state index contributed by atoms with van der Waals surface area (Å²) < 4.78 is 10.6. The van der Waals surface area contributed by atoms with Crippen LogP contribution in [0.15, 0.2) is 24.3 Å². The molecule has 0 radical (unpaired) electrons. The summed E-state index contributed by atoms with van der Waals surface area (Å²) in [6.07, 6.45) is 0. The quantitative estimate of drug-likeness (QED) is 0.684. The van der Waals surface area contributed by atoms with Crippen LogP contribution in [0.3, 0.4) is 0 Å². The van der Waals surface area contributed by atoms with Gasteiger partial charge < -0.3 is 0 Å². The first-order chi connectivity index (χ1) is 5.18. The zero-order chi connectivity index (χ0) is 8.27. The minimum absolute atomic E-state index is 0.349. The van der Waals surface area contributed by atoms with Crippen molar-refractivity contribution in [2.24, 2.45) is 0 Å². The Morgan fingerprint density at radius 2 is 2.18 bits per heavy atom. The van der Waals surface area contributed by atoms with Crippen molar-refractivity contribution in [3.63, 3.8) is 0 Å². The van der Waals surface area contributed by atoms with Crippen molar-refractivity contribution in [1.29, 1.82) is 0 Å². The molecule has 1 atom stereocenters. The van der Waals surface area contributed by atoms with Gasteiger partial charge in [0.05, 0.1) is 5.75 Å². The summed E-state index contributed by atoms with van der Waals surface area (Å²) >= 11 is 5.69. The van der Waals surface area contributed by atoms with Gasteiger partial charge in [-0.2, -0.15) is 0 Å². The highest BCUT2D eigenvalue weighted by Gasteiger charge is 1.97. The normalized spacial score (nSPS) is 12.9. The number of benzene rings is 1. The first-order valence-electron chi connectivity index (χ1n) is 2.97. The SMILES string of the molecule is O=S(Cl)Cc1cccc(Cl)c1. The lowest BCUT2D eigenvalue weighted by atomic mass is 10.2. The highest BCUT2D eigenvalue weighted by atomic mass is 35.7. The molecule has 1 nitrogen and oxygen atoms in total.